The van der Waals surface area contributed by atoms with Crippen molar-refractivity contribution in [3.63, 3.8) is 0 Å². The monoisotopic (exact) mass is 422 g/mol. The Morgan fingerprint density at radius 3 is 2.69 bits per heavy atom. The van der Waals surface area contributed by atoms with Crippen LogP contribution >= 0.6 is 22.9 Å². The van der Waals surface area contributed by atoms with Crippen LogP contribution in [-0.2, 0) is 22.7 Å². The molecule has 3 rings (SSSR count). The second-order valence-electron chi connectivity index (χ2n) is 5.05. The van der Waals surface area contributed by atoms with Crippen LogP contribution < -0.4 is 4.72 Å². The van der Waals surface area contributed by atoms with Gasteiger partial charge < -0.3 is 0 Å². The fourth-order valence-corrected chi connectivity index (χ4v) is 4.19. The van der Waals surface area contributed by atoms with E-state index in [0.29, 0.717) is 18.0 Å². The van der Waals surface area contributed by atoms with Crippen molar-refractivity contribution in [3.8, 4) is 10.7 Å². The molecule has 0 spiro atoms. The smallest absolute Gasteiger partial charge is 0.262 e. The van der Waals surface area contributed by atoms with E-state index in [-0.39, 0.29) is 17.4 Å². The molecule has 2 aromatic heterocycles. The molecule has 0 radical (unpaired) electrons. The molecule has 3 aromatic rings. The van der Waals surface area contributed by atoms with Gasteiger partial charge in [0.1, 0.15) is 10.7 Å². The lowest BCUT2D eigenvalue weighted by Crippen LogP contribution is -2.24. The van der Waals surface area contributed by atoms with Crippen LogP contribution in [0.5, 0.6) is 0 Å². The molecule has 1 aromatic carbocycles. The highest BCUT2D eigenvalue weighted by atomic mass is 35.5. The second kappa shape index (κ2) is 6.99. The van der Waals surface area contributed by atoms with Gasteiger partial charge in [0.05, 0.1) is 22.0 Å². The highest BCUT2D eigenvalue weighted by Gasteiger charge is 2.32. The van der Waals surface area contributed by atoms with Gasteiger partial charge in [-0.25, -0.2) is 18.1 Å². The molecule has 6 nitrogen and oxygen atoms in total. The van der Waals surface area contributed by atoms with Crippen LogP contribution in [0.15, 0.2) is 40.6 Å². The lowest BCUT2D eigenvalue weighted by molar-refractivity contribution is -0.137. The Labute approximate surface area is 155 Å². The molecular weight excluding hydrogens is 413 g/mol. The summed E-state index contributed by atoms with van der Waals surface area (Å²) in [5.74, 6) is 0.603. The summed E-state index contributed by atoms with van der Waals surface area (Å²) in [5.41, 5.74) is -1.11. The zero-order valence-corrected chi connectivity index (χ0v) is 15.1. The molecule has 12 heteroatoms. The first kappa shape index (κ1) is 18.8. The molecule has 0 aliphatic heterocycles. The predicted octanol–water partition coefficient (Wildman–Crippen LogP) is 3.68. The summed E-state index contributed by atoms with van der Waals surface area (Å²) in [6.07, 6.45) is -4.69. The van der Waals surface area contributed by atoms with Crippen LogP contribution in [0.25, 0.3) is 10.7 Å². The Hall–Kier alpha value is -1.95. The largest absolute Gasteiger partial charge is 0.416 e. The van der Waals surface area contributed by atoms with E-state index >= 15 is 0 Å². The minimum atomic E-state index is -4.69. The number of nitrogens with one attached hydrogen (secondary N) is 2. The molecule has 0 aliphatic carbocycles. The number of H-pyrrole nitrogens is 1. The maximum absolute atomic E-state index is 12.8. The number of benzene rings is 1. The summed E-state index contributed by atoms with van der Waals surface area (Å²) in [7, 11) is -4.28. The summed E-state index contributed by atoms with van der Waals surface area (Å²) < 4.78 is 65.2. The molecule has 0 aliphatic rings. The minimum Gasteiger partial charge on any atom is -0.262 e. The Bertz CT molecular complexity index is 1020. The van der Waals surface area contributed by atoms with Crippen molar-refractivity contribution < 1.29 is 21.6 Å². The lowest BCUT2D eigenvalue weighted by Gasteiger charge is -2.11. The Kier molecular flexibility index (Phi) is 5.06. The van der Waals surface area contributed by atoms with Crippen molar-refractivity contribution >= 4 is 33.0 Å². The first-order chi connectivity index (χ1) is 12.2. The third kappa shape index (κ3) is 4.06. The number of aromatic nitrogens is 3. The maximum atomic E-state index is 12.8. The number of thiophene rings is 1. The first-order valence-corrected chi connectivity index (χ1v) is 9.72. The molecule has 0 unspecified atom stereocenters. The summed E-state index contributed by atoms with van der Waals surface area (Å²) in [6, 6.07) is 5.70. The number of sulfonamides is 1. The van der Waals surface area contributed by atoms with Gasteiger partial charge in [0, 0.05) is 0 Å². The van der Waals surface area contributed by atoms with Gasteiger partial charge in [0.15, 0.2) is 5.82 Å². The molecule has 26 heavy (non-hydrogen) atoms. The van der Waals surface area contributed by atoms with Crippen molar-refractivity contribution in [2.24, 2.45) is 0 Å². The Morgan fingerprint density at radius 1 is 1.27 bits per heavy atom. The number of nitrogens with zero attached hydrogens (tertiary/aromatic N) is 2. The van der Waals surface area contributed by atoms with Crippen LogP contribution in [0.2, 0.25) is 5.02 Å². The van der Waals surface area contributed by atoms with Gasteiger partial charge in [-0.2, -0.15) is 18.3 Å². The summed E-state index contributed by atoms with van der Waals surface area (Å²) in [5, 5.41) is 8.05. The van der Waals surface area contributed by atoms with E-state index in [1.54, 1.807) is 6.07 Å². The van der Waals surface area contributed by atoms with Gasteiger partial charge in [0.25, 0.3) is 0 Å². The molecule has 2 heterocycles. The zero-order chi connectivity index (χ0) is 18.9. The van der Waals surface area contributed by atoms with Gasteiger partial charge in [-0.3, -0.25) is 5.10 Å². The van der Waals surface area contributed by atoms with Gasteiger partial charge in [-0.1, -0.05) is 17.7 Å². The van der Waals surface area contributed by atoms with Gasteiger partial charge in [-0.15, -0.1) is 11.3 Å². The van der Waals surface area contributed by atoms with E-state index < -0.39 is 26.7 Å². The van der Waals surface area contributed by atoms with E-state index in [0.717, 1.165) is 10.9 Å². The Balaban J connectivity index is 1.79. The molecule has 0 fully saturated rings. The number of hydrogen-bond acceptors (Lipinski definition) is 5. The van der Waals surface area contributed by atoms with Crippen LogP contribution in [0.1, 0.15) is 11.4 Å². The van der Waals surface area contributed by atoms with E-state index in [9.17, 15) is 21.6 Å². The van der Waals surface area contributed by atoms with Crippen LogP contribution in [0, 0.1) is 0 Å². The average Bonchev–Trinajstić information content (AvgIpc) is 3.23. The van der Waals surface area contributed by atoms with E-state index in [2.05, 4.69) is 19.9 Å². The van der Waals surface area contributed by atoms with Gasteiger partial charge in [-0.05, 0) is 29.6 Å². The molecule has 0 atom stereocenters. The molecular formula is C14H10ClF3N4O2S2. The third-order valence-electron chi connectivity index (χ3n) is 3.25. The van der Waals surface area contributed by atoms with Gasteiger partial charge in [0.2, 0.25) is 10.0 Å². The van der Waals surface area contributed by atoms with E-state index in [1.807, 2.05) is 11.4 Å². The van der Waals surface area contributed by atoms with Crippen LogP contribution in [0.4, 0.5) is 13.2 Å². The number of halogens is 4. The lowest BCUT2D eigenvalue weighted by atomic mass is 10.2. The molecule has 2 N–H and O–H groups in total. The molecule has 0 saturated carbocycles. The fourth-order valence-electron chi connectivity index (χ4n) is 2.02. The number of alkyl halides is 3. The highest BCUT2D eigenvalue weighted by Crippen LogP contribution is 2.33. The number of rotatable bonds is 5. The molecule has 138 valence electrons. The fraction of sp³-hybridized carbons (Fsp3) is 0.143. The highest BCUT2D eigenvalue weighted by molar-refractivity contribution is 7.89. The predicted molar refractivity (Wildman–Crippen MR) is 90.2 cm³/mol. The SMILES string of the molecule is O=S(=O)(NCc1nc(-c2cccs2)n[nH]1)c1cc(C(F)(F)F)ccc1Cl. The van der Waals surface area contributed by atoms with E-state index in [1.165, 1.54) is 11.3 Å². The van der Waals surface area contributed by atoms with E-state index in [4.69, 9.17) is 11.6 Å². The minimum absolute atomic E-state index is 0.208. The standard InChI is InChI=1S/C14H10ClF3N4O2S2/c15-9-4-3-8(14(16,17)18)6-11(9)26(23,24)19-7-12-20-13(22-21-12)10-2-1-5-25-10/h1-6,19H,7H2,(H,20,21,22). The van der Waals surface area contributed by atoms with Crippen LogP contribution in [-0.4, -0.2) is 23.6 Å². The second-order valence-corrected chi connectivity index (χ2v) is 8.14. The average molecular weight is 423 g/mol. The van der Waals surface area contributed by atoms with Crippen LogP contribution in [0.3, 0.4) is 0 Å². The van der Waals surface area contributed by atoms with Crippen molar-refractivity contribution in [2.45, 2.75) is 17.6 Å². The van der Waals surface area contributed by atoms with Crippen molar-refractivity contribution in [1.82, 2.24) is 19.9 Å². The molecule has 0 saturated heterocycles. The number of hydrogen-bond donors (Lipinski definition) is 2. The van der Waals surface area contributed by atoms with Crippen molar-refractivity contribution in [2.75, 3.05) is 0 Å². The summed E-state index contributed by atoms with van der Waals surface area (Å²) >= 11 is 7.17. The van der Waals surface area contributed by atoms with Crippen molar-refractivity contribution in [1.29, 1.82) is 0 Å². The molecule has 0 amide bonds. The maximum Gasteiger partial charge on any atom is 0.416 e. The topological polar surface area (TPSA) is 87.7 Å². The Morgan fingerprint density at radius 2 is 2.04 bits per heavy atom. The quantitative estimate of drug-likeness (QED) is 0.656. The normalized spacial score (nSPS) is 12.5. The van der Waals surface area contributed by atoms with Crippen molar-refractivity contribution in [3.05, 3.63) is 52.1 Å². The third-order valence-corrected chi connectivity index (χ3v) is 6.00. The summed E-state index contributed by atoms with van der Waals surface area (Å²) in [4.78, 5) is 4.26. The number of aromatic amines is 1. The molecule has 0 bridgehead atoms. The zero-order valence-electron chi connectivity index (χ0n) is 12.7. The first-order valence-electron chi connectivity index (χ1n) is 6.98. The summed E-state index contributed by atoms with van der Waals surface area (Å²) in [6.45, 7) is -0.284. The van der Waals surface area contributed by atoms with Gasteiger partial charge >= 0.3 is 6.18 Å².